The van der Waals surface area contributed by atoms with Crippen molar-refractivity contribution in [1.82, 2.24) is 5.32 Å². The van der Waals surface area contributed by atoms with Crippen LogP contribution in [0.1, 0.15) is 38.3 Å². The van der Waals surface area contributed by atoms with E-state index in [1.807, 2.05) is 13.8 Å². The van der Waals surface area contributed by atoms with Crippen molar-refractivity contribution in [2.24, 2.45) is 5.92 Å². The molecule has 1 rings (SSSR count). The molecule has 0 heterocycles. The standard InChI is InChI=1S/C14H18ClNO3/c1-3-9(2)8-12(17)16-13(14(18)19)10-4-6-11(15)7-5-10/h4-7,9,13H,3,8H2,1-2H3,(H,16,17)(H,18,19). The second kappa shape index (κ2) is 7.14. The Balaban J connectivity index is 2.76. The molecule has 1 amide bonds. The Kier molecular flexibility index (Phi) is 5.83. The molecule has 0 aliphatic heterocycles. The van der Waals surface area contributed by atoms with Crippen LogP contribution in [-0.2, 0) is 9.59 Å². The van der Waals surface area contributed by atoms with Gasteiger partial charge in [0, 0.05) is 11.4 Å². The number of benzene rings is 1. The van der Waals surface area contributed by atoms with Gasteiger partial charge in [-0.05, 0) is 23.6 Å². The second-order valence-electron chi connectivity index (χ2n) is 4.61. The maximum absolute atomic E-state index is 11.8. The number of halogens is 1. The molecule has 2 atom stereocenters. The molecule has 2 N–H and O–H groups in total. The van der Waals surface area contributed by atoms with E-state index in [-0.39, 0.29) is 11.8 Å². The summed E-state index contributed by atoms with van der Waals surface area (Å²) in [5.41, 5.74) is 0.509. The molecule has 0 saturated carbocycles. The zero-order valence-electron chi connectivity index (χ0n) is 11.0. The van der Waals surface area contributed by atoms with Crippen LogP contribution < -0.4 is 5.32 Å². The number of nitrogens with one attached hydrogen (secondary N) is 1. The first-order chi connectivity index (χ1) is 8.93. The summed E-state index contributed by atoms with van der Waals surface area (Å²) in [5.74, 6) is -1.10. The number of carboxylic acid groups (broad SMARTS) is 1. The molecule has 1 aromatic carbocycles. The summed E-state index contributed by atoms with van der Waals surface area (Å²) in [7, 11) is 0. The van der Waals surface area contributed by atoms with Crippen molar-refractivity contribution in [3.63, 3.8) is 0 Å². The van der Waals surface area contributed by atoms with Gasteiger partial charge in [0.1, 0.15) is 0 Å². The maximum atomic E-state index is 11.8. The van der Waals surface area contributed by atoms with Gasteiger partial charge >= 0.3 is 5.97 Å². The minimum Gasteiger partial charge on any atom is -0.479 e. The molecule has 0 saturated heterocycles. The van der Waals surface area contributed by atoms with Gasteiger partial charge in [0.15, 0.2) is 6.04 Å². The third-order valence-corrected chi connectivity index (χ3v) is 3.24. The normalized spacial score (nSPS) is 13.6. The van der Waals surface area contributed by atoms with Gasteiger partial charge in [-0.3, -0.25) is 4.79 Å². The molecule has 0 radical (unpaired) electrons. The first-order valence-electron chi connectivity index (χ1n) is 6.21. The average molecular weight is 284 g/mol. The number of rotatable bonds is 6. The van der Waals surface area contributed by atoms with Crippen LogP contribution >= 0.6 is 11.6 Å². The van der Waals surface area contributed by atoms with Crippen LogP contribution in [0.25, 0.3) is 0 Å². The van der Waals surface area contributed by atoms with E-state index >= 15 is 0 Å². The van der Waals surface area contributed by atoms with Gasteiger partial charge in [0.25, 0.3) is 0 Å². The van der Waals surface area contributed by atoms with Crippen LogP contribution in [0.2, 0.25) is 5.02 Å². The predicted molar refractivity (Wildman–Crippen MR) is 74.0 cm³/mol. The third-order valence-electron chi connectivity index (χ3n) is 2.99. The van der Waals surface area contributed by atoms with E-state index in [2.05, 4.69) is 5.32 Å². The van der Waals surface area contributed by atoms with E-state index in [0.29, 0.717) is 17.0 Å². The zero-order valence-corrected chi connectivity index (χ0v) is 11.8. The Morgan fingerprint density at radius 2 is 1.89 bits per heavy atom. The summed E-state index contributed by atoms with van der Waals surface area (Å²) >= 11 is 5.75. The van der Waals surface area contributed by atoms with Gasteiger partial charge in [-0.1, -0.05) is 44.0 Å². The minimum absolute atomic E-state index is 0.236. The number of amides is 1. The highest BCUT2D eigenvalue weighted by molar-refractivity contribution is 6.30. The maximum Gasteiger partial charge on any atom is 0.330 e. The topological polar surface area (TPSA) is 66.4 Å². The van der Waals surface area contributed by atoms with Gasteiger partial charge in [0.2, 0.25) is 5.91 Å². The summed E-state index contributed by atoms with van der Waals surface area (Å²) in [5, 5.41) is 12.3. The van der Waals surface area contributed by atoms with E-state index in [1.165, 1.54) is 0 Å². The van der Waals surface area contributed by atoms with E-state index < -0.39 is 12.0 Å². The monoisotopic (exact) mass is 283 g/mol. The van der Waals surface area contributed by atoms with Crippen molar-refractivity contribution in [2.45, 2.75) is 32.7 Å². The van der Waals surface area contributed by atoms with Crippen molar-refractivity contribution in [3.05, 3.63) is 34.9 Å². The summed E-state index contributed by atoms with van der Waals surface area (Å²) < 4.78 is 0. The van der Waals surface area contributed by atoms with Crippen LogP contribution in [0, 0.1) is 5.92 Å². The van der Waals surface area contributed by atoms with Gasteiger partial charge in [-0.2, -0.15) is 0 Å². The number of carboxylic acids is 1. The molecule has 2 unspecified atom stereocenters. The Hall–Kier alpha value is -1.55. The van der Waals surface area contributed by atoms with E-state index in [0.717, 1.165) is 6.42 Å². The number of carbonyl (C=O) groups excluding carboxylic acids is 1. The van der Waals surface area contributed by atoms with Crippen molar-refractivity contribution >= 4 is 23.5 Å². The summed E-state index contributed by atoms with van der Waals surface area (Å²) in [4.78, 5) is 23.0. The molecular weight excluding hydrogens is 266 g/mol. The largest absolute Gasteiger partial charge is 0.479 e. The lowest BCUT2D eigenvalue weighted by molar-refractivity contribution is -0.142. The predicted octanol–water partition coefficient (Wildman–Crippen LogP) is 3.02. The summed E-state index contributed by atoms with van der Waals surface area (Å²) in [6.45, 7) is 3.95. The molecule has 19 heavy (non-hydrogen) atoms. The lowest BCUT2D eigenvalue weighted by Gasteiger charge is -2.16. The fourth-order valence-corrected chi connectivity index (χ4v) is 1.75. The van der Waals surface area contributed by atoms with Crippen molar-refractivity contribution in [1.29, 1.82) is 0 Å². The highest BCUT2D eigenvalue weighted by atomic mass is 35.5. The number of aliphatic carboxylic acids is 1. The second-order valence-corrected chi connectivity index (χ2v) is 5.04. The molecule has 0 aromatic heterocycles. The molecule has 0 spiro atoms. The van der Waals surface area contributed by atoms with E-state index in [9.17, 15) is 14.7 Å². The molecule has 0 aliphatic rings. The van der Waals surface area contributed by atoms with Crippen LogP contribution in [-0.4, -0.2) is 17.0 Å². The quantitative estimate of drug-likeness (QED) is 0.843. The Bertz CT molecular complexity index is 445. The van der Waals surface area contributed by atoms with Gasteiger partial charge in [-0.15, -0.1) is 0 Å². The molecular formula is C14H18ClNO3. The van der Waals surface area contributed by atoms with E-state index in [1.54, 1.807) is 24.3 Å². The number of carbonyl (C=O) groups is 2. The molecule has 0 fully saturated rings. The highest BCUT2D eigenvalue weighted by Gasteiger charge is 2.22. The molecule has 0 aliphatic carbocycles. The Labute approximate surface area is 117 Å². The zero-order chi connectivity index (χ0) is 14.4. The smallest absolute Gasteiger partial charge is 0.330 e. The fourth-order valence-electron chi connectivity index (χ4n) is 1.62. The molecule has 5 heteroatoms. The van der Waals surface area contributed by atoms with Crippen LogP contribution in [0.15, 0.2) is 24.3 Å². The van der Waals surface area contributed by atoms with Crippen LogP contribution in [0.5, 0.6) is 0 Å². The lowest BCUT2D eigenvalue weighted by atomic mass is 10.0. The Morgan fingerprint density at radius 3 is 2.37 bits per heavy atom. The average Bonchev–Trinajstić information content (AvgIpc) is 2.36. The van der Waals surface area contributed by atoms with Crippen molar-refractivity contribution < 1.29 is 14.7 Å². The van der Waals surface area contributed by atoms with Crippen molar-refractivity contribution in [2.75, 3.05) is 0 Å². The number of hydrogen-bond acceptors (Lipinski definition) is 2. The van der Waals surface area contributed by atoms with Gasteiger partial charge < -0.3 is 10.4 Å². The highest BCUT2D eigenvalue weighted by Crippen LogP contribution is 2.17. The summed E-state index contributed by atoms with van der Waals surface area (Å²) in [6.07, 6.45) is 1.21. The van der Waals surface area contributed by atoms with Crippen molar-refractivity contribution in [3.8, 4) is 0 Å². The molecule has 4 nitrogen and oxygen atoms in total. The fraction of sp³-hybridized carbons (Fsp3) is 0.429. The number of hydrogen-bond donors (Lipinski definition) is 2. The Morgan fingerprint density at radius 1 is 1.32 bits per heavy atom. The molecule has 1 aromatic rings. The summed E-state index contributed by atoms with van der Waals surface area (Å²) in [6, 6.07) is 5.38. The van der Waals surface area contributed by atoms with Gasteiger partial charge in [-0.25, -0.2) is 4.79 Å². The lowest BCUT2D eigenvalue weighted by Crippen LogP contribution is -2.34. The van der Waals surface area contributed by atoms with E-state index in [4.69, 9.17) is 11.6 Å². The minimum atomic E-state index is -1.08. The first kappa shape index (κ1) is 15.5. The van der Waals surface area contributed by atoms with Crippen LogP contribution in [0.4, 0.5) is 0 Å². The van der Waals surface area contributed by atoms with Crippen LogP contribution in [0.3, 0.4) is 0 Å². The molecule has 104 valence electrons. The first-order valence-corrected chi connectivity index (χ1v) is 6.59. The van der Waals surface area contributed by atoms with Gasteiger partial charge in [0.05, 0.1) is 0 Å². The molecule has 0 bridgehead atoms. The third kappa shape index (κ3) is 4.91. The SMILES string of the molecule is CCC(C)CC(=O)NC(C(=O)O)c1ccc(Cl)cc1.